The molecule has 106 valence electrons. The molecule has 3 atom stereocenters. The van der Waals surface area contributed by atoms with Crippen LogP contribution in [0.2, 0.25) is 0 Å². The van der Waals surface area contributed by atoms with Gasteiger partial charge in [-0.25, -0.2) is 0 Å². The van der Waals surface area contributed by atoms with Gasteiger partial charge < -0.3 is 10.6 Å². The van der Waals surface area contributed by atoms with Crippen LogP contribution in [-0.2, 0) is 0 Å². The minimum absolute atomic E-state index is 0.00950. The van der Waals surface area contributed by atoms with E-state index in [1.807, 2.05) is 30.3 Å². The van der Waals surface area contributed by atoms with E-state index in [0.717, 1.165) is 36.4 Å². The van der Waals surface area contributed by atoms with Crippen molar-refractivity contribution in [1.29, 1.82) is 0 Å². The van der Waals surface area contributed by atoms with Gasteiger partial charge in [-0.2, -0.15) is 0 Å². The predicted molar refractivity (Wildman–Crippen MR) is 80.5 cm³/mol. The van der Waals surface area contributed by atoms with Crippen LogP contribution in [0.4, 0.5) is 0 Å². The Morgan fingerprint density at radius 1 is 1.10 bits per heavy atom. The average Bonchev–Trinajstić information content (AvgIpc) is 3.10. The smallest absolute Gasteiger partial charge is 0.251 e. The second-order valence-corrected chi connectivity index (χ2v) is 5.87. The minimum Gasteiger partial charge on any atom is -0.351 e. The molecule has 3 nitrogen and oxygen atoms in total. The molecular formula is C17H22N2O. The Kier molecular flexibility index (Phi) is 4.16. The SMILES string of the molecule is O=C(NCCNCC1CC2C=CC1C2)c1ccccc1. The maximum absolute atomic E-state index is 11.8. The molecule has 1 saturated carbocycles. The van der Waals surface area contributed by atoms with Gasteiger partial charge in [-0.1, -0.05) is 30.4 Å². The predicted octanol–water partition coefficient (Wildman–Crippen LogP) is 2.22. The zero-order valence-corrected chi connectivity index (χ0v) is 11.7. The molecule has 0 heterocycles. The van der Waals surface area contributed by atoms with Gasteiger partial charge in [0.1, 0.15) is 0 Å². The van der Waals surface area contributed by atoms with Crippen molar-refractivity contribution in [2.75, 3.05) is 19.6 Å². The standard InChI is InChI=1S/C17H22N2O/c20-17(14-4-2-1-3-5-14)19-9-8-18-12-16-11-13-6-7-15(16)10-13/h1-7,13,15-16,18H,8-12H2,(H,19,20). The molecule has 0 aliphatic heterocycles. The van der Waals surface area contributed by atoms with Gasteiger partial charge in [0, 0.05) is 18.7 Å². The fourth-order valence-electron chi connectivity index (χ4n) is 3.37. The van der Waals surface area contributed by atoms with Crippen molar-refractivity contribution in [3.63, 3.8) is 0 Å². The van der Waals surface area contributed by atoms with E-state index < -0.39 is 0 Å². The molecular weight excluding hydrogens is 248 g/mol. The maximum Gasteiger partial charge on any atom is 0.251 e. The number of amides is 1. The van der Waals surface area contributed by atoms with Gasteiger partial charge in [-0.3, -0.25) is 4.79 Å². The lowest BCUT2D eigenvalue weighted by Gasteiger charge is -2.18. The maximum atomic E-state index is 11.8. The van der Waals surface area contributed by atoms with Crippen molar-refractivity contribution < 1.29 is 4.79 Å². The molecule has 2 aliphatic rings. The number of allylic oxidation sites excluding steroid dienone is 2. The number of fused-ring (bicyclic) bond motifs is 2. The van der Waals surface area contributed by atoms with Gasteiger partial charge in [-0.15, -0.1) is 0 Å². The Hall–Kier alpha value is -1.61. The van der Waals surface area contributed by atoms with E-state index in [9.17, 15) is 4.79 Å². The molecule has 3 heteroatoms. The van der Waals surface area contributed by atoms with E-state index in [1.54, 1.807) is 0 Å². The van der Waals surface area contributed by atoms with E-state index in [0.29, 0.717) is 6.54 Å². The van der Waals surface area contributed by atoms with Crippen LogP contribution in [-0.4, -0.2) is 25.5 Å². The molecule has 20 heavy (non-hydrogen) atoms. The zero-order chi connectivity index (χ0) is 13.8. The summed E-state index contributed by atoms with van der Waals surface area (Å²) in [7, 11) is 0. The molecule has 2 aliphatic carbocycles. The van der Waals surface area contributed by atoms with E-state index >= 15 is 0 Å². The van der Waals surface area contributed by atoms with Crippen LogP contribution < -0.4 is 10.6 Å². The number of carbonyl (C=O) groups is 1. The van der Waals surface area contributed by atoms with Crippen molar-refractivity contribution in [1.82, 2.24) is 10.6 Å². The molecule has 1 amide bonds. The van der Waals surface area contributed by atoms with E-state index in [-0.39, 0.29) is 5.91 Å². The van der Waals surface area contributed by atoms with Crippen molar-refractivity contribution in [3.8, 4) is 0 Å². The fraction of sp³-hybridized carbons (Fsp3) is 0.471. The highest BCUT2D eigenvalue weighted by molar-refractivity contribution is 5.94. The number of hydrogen-bond acceptors (Lipinski definition) is 2. The van der Waals surface area contributed by atoms with Crippen LogP contribution in [0.1, 0.15) is 23.2 Å². The third kappa shape index (κ3) is 3.10. The first kappa shape index (κ1) is 13.4. The molecule has 0 spiro atoms. The number of carbonyl (C=O) groups excluding carboxylic acids is 1. The summed E-state index contributed by atoms with van der Waals surface area (Å²) in [5.41, 5.74) is 0.728. The van der Waals surface area contributed by atoms with Gasteiger partial charge in [0.05, 0.1) is 0 Å². The van der Waals surface area contributed by atoms with E-state index in [1.165, 1.54) is 12.8 Å². The second-order valence-electron chi connectivity index (χ2n) is 5.87. The Morgan fingerprint density at radius 2 is 1.95 bits per heavy atom. The lowest BCUT2D eigenvalue weighted by Crippen LogP contribution is -2.34. The summed E-state index contributed by atoms with van der Waals surface area (Å²) in [6, 6.07) is 9.36. The van der Waals surface area contributed by atoms with Crippen molar-refractivity contribution in [2.24, 2.45) is 17.8 Å². The molecule has 2 bridgehead atoms. The van der Waals surface area contributed by atoms with Gasteiger partial charge in [0.15, 0.2) is 0 Å². The molecule has 0 saturated heterocycles. The van der Waals surface area contributed by atoms with Crippen molar-refractivity contribution in [3.05, 3.63) is 48.0 Å². The second kappa shape index (κ2) is 6.23. The van der Waals surface area contributed by atoms with Crippen LogP contribution >= 0.6 is 0 Å². The first-order valence-electron chi connectivity index (χ1n) is 7.55. The summed E-state index contributed by atoms with van der Waals surface area (Å²) in [4.78, 5) is 11.8. The molecule has 2 N–H and O–H groups in total. The summed E-state index contributed by atoms with van der Waals surface area (Å²) in [6.07, 6.45) is 7.46. The van der Waals surface area contributed by atoms with Crippen LogP contribution in [0.5, 0.6) is 0 Å². The molecule has 1 aromatic rings. The fourth-order valence-corrected chi connectivity index (χ4v) is 3.37. The molecule has 3 rings (SSSR count). The third-order valence-electron chi connectivity index (χ3n) is 4.45. The third-order valence-corrected chi connectivity index (χ3v) is 4.45. The molecule has 0 aromatic heterocycles. The van der Waals surface area contributed by atoms with Gasteiger partial charge in [-0.05, 0) is 49.3 Å². The van der Waals surface area contributed by atoms with Crippen LogP contribution in [0.3, 0.4) is 0 Å². The number of rotatable bonds is 6. The van der Waals surface area contributed by atoms with Crippen LogP contribution in [0, 0.1) is 17.8 Å². The first-order chi connectivity index (χ1) is 9.83. The molecule has 1 aromatic carbocycles. The number of hydrogen-bond donors (Lipinski definition) is 2. The normalized spacial score (nSPS) is 26.9. The van der Waals surface area contributed by atoms with Crippen molar-refractivity contribution >= 4 is 5.91 Å². The quantitative estimate of drug-likeness (QED) is 0.615. The summed E-state index contributed by atoms with van der Waals surface area (Å²) >= 11 is 0. The van der Waals surface area contributed by atoms with Gasteiger partial charge in [0.25, 0.3) is 5.91 Å². The number of nitrogens with one attached hydrogen (secondary N) is 2. The molecule has 0 radical (unpaired) electrons. The van der Waals surface area contributed by atoms with E-state index in [2.05, 4.69) is 22.8 Å². The lowest BCUT2D eigenvalue weighted by molar-refractivity contribution is 0.0954. The largest absolute Gasteiger partial charge is 0.351 e. The average molecular weight is 270 g/mol. The Morgan fingerprint density at radius 3 is 2.65 bits per heavy atom. The zero-order valence-electron chi connectivity index (χ0n) is 11.7. The Labute approximate surface area is 120 Å². The highest BCUT2D eigenvalue weighted by Crippen LogP contribution is 2.42. The Balaban J connectivity index is 1.31. The number of benzene rings is 1. The summed E-state index contributed by atoms with van der Waals surface area (Å²) < 4.78 is 0. The summed E-state index contributed by atoms with van der Waals surface area (Å²) in [5.74, 6) is 2.45. The monoisotopic (exact) mass is 270 g/mol. The minimum atomic E-state index is 0.00950. The van der Waals surface area contributed by atoms with Gasteiger partial charge in [0.2, 0.25) is 0 Å². The highest BCUT2D eigenvalue weighted by Gasteiger charge is 2.34. The molecule has 3 unspecified atom stereocenters. The Bertz CT molecular complexity index is 483. The van der Waals surface area contributed by atoms with Crippen LogP contribution in [0.25, 0.3) is 0 Å². The summed E-state index contributed by atoms with van der Waals surface area (Å²) in [6.45, 7) is 2.60. The van der Waals surface area contributed by atoms with Gasteiger partial charge >= 0.3 is 0 Å². The first-order valence-corrected chi connectivity index (χ1v) is 7.55. The van der Waals surface area contributed by atoms with E-state index in [4.69, 9.17) is 0 Å². The van der Waals surface area contributed by atoms with Crippen molar-refractivity contribution in [2.45, 2.75) is 12.8 Å². The highest BCUT2D eigenvalue weighted by atomic mass is 16.1. The van der Waals surface area contributed by atoms with Crippen LogP contribution in [0.15, 0.2) is 42.5 Å². The lowest BCUT2D eigenvalue weighted by atomic mass is 9.94. The topological polar surface area (TPSA) is 41.1 Å². The summed E-state index contributed by atoms with van der Waals surface area (Å²) in [5, 5.41) is 6.41. The molecule has 1 fully saturated rings.